The van der Waals surface area contributed by atoms with Gasteiger partial charge in [0.1, 0.15) is 6.33 Å². The van der Waals surface area contributed by atoms with Crippen LogP contribution in [0.2, 0.25) is 0 Å². The number of nitrogens with two attached hydrogens (primary N) is 1. The molecule has 0 unspecified atom stereocenters. The van der Waals surface area contributed by atoms with E-state index in [1.165, 1.54) is 6.42 Å². The highest BCUT2D eigenvalue weighted by atomic mass is 32.2. The van der Waals surface area contributed by atoms with E-state index in [0.717, 1.165) is 23.4 Å². The van der Waals surface area contributed by atoms with Gasteiger partial charge >= 0.3 is 0 Å². The molecule has 70 valence electrons. The smallest absolute Gasteiger partial charge is 0.183 e. The Hall–Kier alpha value is -0.550. The fourth-order valence-corrected chi connectivity index (χ4v) is 3.61. The van der Waals surface area contributed by atoms with Crippen molar-refractivity contribution in [2.24, 2.45) is 17.6 Å². The first-order valence-corrected chi connectivity index (χ1v) is 5.50. The maximum absolute atomic E-state index is 5.98. The number of thioether (sulfide) groups is 1. The van der Waals surface area contributed by atoms with Gasteiger partial charge in [-0.05, 0) is 24.7 Å². The molecule has 3 N–H and O–H groups in total. The van der Waals surface area contributed by atoms with Crippen molar-refractivity contribution in [3.05, 3.63) is 6.33 Å². The molecule has 1 aromatic heterocycles. The summed E-state index contributed by atoms with van der Waals surface area (Å²) < 4.78 is 0. The number of aromatic nitrogens is 3. The molecule has 0 amide bonds. The third-order valence-electron chi connectivity index (χ3n) is 3.08. The van der Waals surface area contributed by atoms with Crippen LogP contribution in [-0.4, -0.2) is 26.5 Å². The Balaban J connectivity index is 1.68. The summed E-state index contributed by atoms with van der Waals surface area (Å²) in [5.41, 5.74) is 5.98. The Kier molecular flexibility index (Phi) is 1.63. The van der Waals surface area contributed by atoms with Crippen molar-refractivity contribution in [1.82, 2.24) is 15.2 Å². The average Bonchev–Trinajstić information content (AvgIpc) is 2.66. The molecule has 4 nitrogen and oxygen atoms in total. The lowest BCUT2D eigenvalue weighted by Gasteiger charge is -2.10. The molecule has 5 heteroatoms. The van der Waals surface area contributed by atoms with E-state index >= 15 is 0 Å². The molecule has 0 bridgehead atoms. The van der Waals surface area contributed by atoms with Crippen LogP contribution in [0.4, 0.5) is 0 Å². The van der Waals surface area contributed by atoms with E-state index in [0.29, 0.717) is 11.3 Å². The van der Waals surface area contributed by atoms with E-state index in [9.17, 15) is 0 Å². The zero-order valence-corrected chi connectivity index (χ0v) is 8.00. The third-order valence-corrected chi connectivity index (χ3v) is 4.34. The second kappa shape index (κ2) is 2.72. The molecular formula is C8H12N4S. The summed E-state index contributed by atoms with van der Waals surface area (Å²) in [6, 6.07) is 0.436. The molecule has 2 aliphatic rings. The SMILES string of the molecule is N[C@H]1C[C@@H](Sc2ncn[nH]2)[C@@H]2C[C@H]21. The molecule has 13 heavy (non-hydrogen) atoms. The van der Waals surface area contributed by atoms with Crippen LogP contribution in [0.3, 0.4) is 0 Å². The Labute approximate surface area is 80.7 Å². The van der Waals surface area contributed by atoms with Crippen LogP contribution in [0.1, 0.15) is 12.8 Å². The lowest BCUT2D eigenvalue weighted by Crippen LogP contribution is -2.20. The van der Waals surface area contributed by atoms with Crippen LogP contribution in [0.5, 0.6) is 0 Å². The lowest BCUT2D eigenvalue weighted by molar-refractivity contribution is 0.618. The van der Waals surface area contributed by atoms with Gasteiger partial charge in [-0.2, -0.15) is 5.10 Å². The highest BCUT2D eigenvalue weighted by Crippen LogP contribution is 2.56. The zero-order chi connectivity index (χ0) is 8.84. The van der Waals surface area contributed by atoms with Crippen LogP contribution < -0.4 is 5.73 Å². The van der Waals surface area contributed by atoms with Crippen molar-refractivity contribution < 1.29 is 0 Å². The summed E-state index contributed by atoms with van der Waals surface area (Å²) >= 11 is 1.80. The molecule has 1 heterocycles. The Morgan fingerprint density at radius 2 is 2.38 bits per heavy atom. The monoisotopic (exact) mass is 196 g/mol. The Morgan fingerprint density at radius 1 is 1.46 bits per heavy atom. The minimum Gasteiger partial charge on any atom is -0.327 e. The van der Waals surface area contributed by atoms with E-state index in [-0.39, 0.29) is 0 Å². The number of hydrogen-bond donors (Lipinski definition) is 2. The quantitative estimate of drug-likeness (QED) is 0.728. The van der Waals surface area contributed by atoms with Gasteiger partial charge in [-0.3, -0.25) is 5.10 Å². The third kappa shape index (κ3) is 1.26. The van der Waals surface area contributed by atoms with E-state index < -0.39 is 0 Å². The van der Waals surface area contributed by atoms with Crippen LogP contribution in [-0.2, 0) is 0 Å². The number of aromatic amines is 1. The van der Waals surface area contributed by atoms with Gasteiger partial charge in [0, 0.05) is 11.3 Å². The number of H-pyrrole nitrogens is 1. The van der Waals surface area contributed by atoms with Crippen molar-refractivity contribution in [1.29, 1.82) is 0 Å². The van der Waals surface area contributed by atoms with Crippen LogP contribution >= 0.6 is 11.8 Å². The van der Waals surface area contributed by atoms with Gasteiger partial charge in [-0.25, -0.2) is 4.98 Å². The first kappa shape index (κ1) is 7.82. The van der Waals surface area contributed by atoms with Gasteiger partial charge in [0.05, 0.1) is 0 Å². The highest BCUT2D eigenvalue weighted by Gasteiger charge is 2.53. The van der Waals surface area contributed by atoms with Gasteiger partial charge in [0.15, 0.2) is 5.16 Å². The van der Waals surface area contributed by atoms with Crippen molar-refractivity contribution in [3.8, 4) is 0 Å². The van der Waals surface area contributed by atoms with Crippen molar-refractivity contribution in [2.45, 2.75) is 29.3 Å². The predicted molar refractivity (Wildman–Crippen MR) is 50.2 cm³/mol. The normalized spacial score (nSPS) is 41.9. The number of nitrogens with one attached hydrogen (secondary N) is 1. The highest BCUT2D eigenvalue weighted by molar-refractivity contribution is 7.99. The molecule has 0 spiro atoms. The Morgan fingerprint density at radius 3 is 2.92 bits per heavy atom. The maximum atomic E-state index is 5.98. The summed E-state index contributed by atoms with van der Waals surface area (Å²) in [6.45, 7) is 0. The molecule has 2 aliphatic carbocycles. The van der Waals surface area contributed by atoms with Gasteiger partial charge in [0.25, 0.3) is 0 Å². The van der Waals surface area contributed by atoms with E-state index in [2.05, 4.69) is 15.2 Å². The van der Waals surface area contributed by atoms with Crippen LogP contribution in [0.15, 0.2) is 11.5 Å². The van der Waals surface area contributed by atoms with Crippen LogP contribution in [0.25, 0.3) is 0 Å². The van der Waals surface area contributed by atoms with Gasteiger partial charge in [-0.15, -0.1) is 0 Å². The molecule has 4 atom stereocenters. The number of nitrogens with zero attached hydrogens (tertiary/aromatic N) is 2. The molecule has 2 saturated carbocycles. The minimum atomic E-state index is 0.436. The minimum absolute atomic E-state index is 0.436. The van der Waals surface area contributed by atoms with E-state index in [1.807, 2.05) is 0 Å². The number of fused-ring (bicyclic) bond motifs is 1. The first-order chi connectivity index (χ1) is 6.34. The summed E-state index contributed by atoms with van der Waals surface area (Å²) in [5, 5.41) is 8.32. The molecule has 2 fully saturated rings. The summed E-state index contributed by atoms with van der Waals surface area (Å²) in [5.74, 6) is 1.66. The molecule has 1 aromatic rings. The average molecular weight is 196 g/mol. The van der Waals surface area contributed by atoms with Crippen molar-refractivity contribution in [2.75, 3.05) is 0 Å². The van der Waals surface area contributed by atoms with E-state index in [1.54, 1.807) is 18.1 Å². The lowest BCUT2D eigenvalue weighted by atomic mass is 10.2. The largest absolute Gasteiger partial charge is 0.327 e. The number of hydrogen-bond acceptors (Lipinski definition) is 4. The summed E-state index contributed by atoms with van der Waals surface area (Å²) in [4.78, 5) is 4.11. The van der Waals surface area contributed by atoms with Crippen molar-refractivity contribution >= 4 is 11.8 Å². The molecule has 0 saturated heterocycles. The summed E-state index contributed by atoms with van der Waals surface area (Å²) in [6.07, 6.45) is 4.02. The fourth-order valence-electron chi connectivity index (χ4n) is 2.30. The van der Waals surface area contributed by atoms with Gasteiger partial charge in [-0.1, -0.05) is 11.8 Å². The second-order valence-corrected chi connectivity index (χ2v) is 5.14. The molecule has 0 aliphatic heterocycles. The molecular weight excluding hydrogens is 184 g/mol. The topological polar surface area (TPSA) is 67.6 Å². The van der Waals surface area contributed by atoms with E-state index in [4.69, 9.17) is 5.73 Å². The summed E-state index contributed by atoms with van der Waals surface area (Å²) in [7, 11) is 0. The van der Waals surface area contributed by atoms with Crippen molar-refractivity contribution in [3.63, 3.8) is 0 Å². The first-order valence-electron chi connectivity index (χ1n) is 4.62. The maximum Gasteiger partial charge on any atom is 0.183 e. The van der Waals surface area contributed by atoms with Gasteiger partial charge in [0.2, 0.25) is 0 Å². The number of rotatable bonds is 2. The Bertz CT molecular complexity index is 299. The second-order valence-electron chi connectivity index (χ2n) is 3.91. The molecule has 0 radical (unpaired) electrons. The van der Waals surface area contributed by atoms with Gasteiger partial charge < -0.3 is 5.73 Å². The molecule has 3 rings (SSSR count). The zero-order valence-electron chi connectivity index (χ0n) is 7.18. The standard InChI is InChI=1S/C8H12N4S/c9-6-2-7(5-1-4(5)6)13-8-10-3-11-12-8/h3-7H,1-2,9H2,(H,10,11,12)/t4-,5-,6+,7-/m1/s1. The fraction of sp³-hybridized carbons (Fsp3) is 0.750. The predicted octanol–water partition coefficient (Wildman–Crippen LogP) is 0.632. The van der Waals surface area contributed by atoms with Crippen LogP contribution in [0, 0.1) is 11.8 Å². The molecule has 0 aromatic carbocycles.